The minimum Gasteiger partial charge on any atom is -0.481 e. The van der Waals surface area contributed by atoms with Gasteiger partial charge < -0.3 is 37.2 Å². The van der Waals surface area contributed by atoms with Crippen LogP contribution < -0.4 is 27.0 Å². The summed E-state index contributed by atoms with van der Waals surface area (Å²) in [5.74, 6) is -5.22. The van der Waals surface area contributed by atoms with Gasteiger partial charge in [0.1, 0.15) is 18.6 Å². The van der Waals surface area contributed by atoms with E-state index < -0.39 is 66.8 Å². The quantitative estimate of drug-likeness (QED) is 0.0909. The average molecular weight is 623 g/mol. The molecule has 3 atom stereocenters. The Bertz CT molecular complexity index is 1480. The van der Waals surface area contributed by atoms with Gasteiger partial charge in [-0.25, -0.2) is 0 Å². The number of nitrogens with zero attached hydrogens (tertiary/aromatic N) is 3. The highest BCUT2D eigenvalue weighted by atomic mass is 16.4. The Morgan fingerprint density at radius 2 is 1.29 bits per heavy atom. The monoisotopic (exact) mass is 622 g/mol. The van der Waals surface area contributed by atoms with Crippen molar-refractivity contribution in [1.29, 1.82) is 0 Å². The van der Waals surface area contributed by atoms with Crippen molar-refractivity contribution in [3.8, 4) is 0 Å². The number of rotatable bonds is 17. The lowest BCUT2D eigenvalue weighted by Gasteiger charge is -2.20. The number of hydrogen-bond donors (Lipinski definition) is 7. The summed E-state index contributed by atoms with van der Waals surface area (Å²) in [6.45, 7) is -1.19. The van der Waals surface area contributed by atoms with E-state index in [1.807, 2.05) is 0 Å². The molecule has 1 unspecified atom stereocenters. The summed E-state index contributed by atoms with van der Waals surface area (Å²) in [6.07, 6.45) is 1.09. The lowest BCUT2D eigenvalue weighted by atomic mass is 10.0. The van der Waals surface area contributed by atoms with Crippen LogP contribution >= 0.6 is 0 Å². The van der Waals surface area contributed by atoms with Gasteiger partial charge >= 0.3 is 11.9 Å². The van der Waals surface area contributed by atoms with Gasteiger partial charge in [-0.1, -0.05) is 65.9 Å². The van der Waals surface area contributed by atoms with Crippen molar-refractivity contribution in [3.05, 3.63) is 83.7 Å². The van der Waals surface area contributed by atoms with E-state index >= 15 is 0 Å². The summed E-state index contributed by atoms with van der Waals surface area (Å²) in [5, 5.41) is 35.2. The highest BCUT2D eigenvalue weighted by molar-refractivity contribution is 5.97. The minimum atomic E-state index is -1.25. The molecule has 0 radical (unpaired) electrons. The number of aromatic nitrogens is 3. The van der Waals surface area contributed by atoms with Crippen molar-refractivity contribution >= 4 is 35.6 Å². The summed E-state index contributed by atoms with van der Waals surface area (Å²) in [7, 11) is 0. The third-order valence-corrected chi connectivity index (χ3v) is 6.31. The van der Waals surface area contributed by atoms with E-state index in [2.05, 4.69) is 31.6 Å². The molecule has 16 heteroatoms. The van der Waals surface area contributed by atoms with E-state index in [1.54, 1.807) is 60.7 Å². The normalized spacial score (nSPS) is 12.6. The van der Waals surface area contributed by atoms with E-state index in [0.717, 1.165) is 0 Å². The summed E-state index contributed by atoms with van der Waals surface area (Å²) >= 11 is 0. The largest absolute Gasteiger partial charge is 0.481 e. The van der Waals surface area contributed by atoms with E-state index in [-0.39, 0.29) is 31.5 Å². The third-order valence-electron chi connectivity index (χ3n) is 6.31. The fourth-order valence-corrected chi connectivity index (χ4v) is 4.19. The van der Waals surface area contributed by atoms with Gasteiger partial charge in [0.25, 0.3) is 5.91 Å². The molecule has 0 bridgehead atoms. The first-order chi connectivity index (χ1) is 21.5. The highest BCUT2D eigenvalue weighted by Crippen LogP contribution is 2.06. The number of aliphatic carboxylic acids is 2. The molecule has 238 valence electrons. The molecule has 0 saturated carbocycles. The van der Waals surface area contributed by atoms with Gasteiger partial charge in [0.2, 0.25) is 17.7 Å². The van der Waals surface area contributed by atoms with E-state index in [9.17, 15) is 28.8 Å². The van der Waals surface area contributed by atoms with Crippen LogP contribution in [0.1, 0.15) is 28.0 Å². The number of carbonyl (C=O) groups is 6. The first-order valence-corrected chi connectivity index (χ1v) is 13.8. The van der Waals surface area contributed by atoms with Gasteiger partial charge in [-0.15, -0.1) is 5.10 Å². The SMILES string of the molecule is NC(CC(=O)O)Cn1cc(C(=O)N[C@@H](Cc2ccccc2)C(=O)NCC(=O)N[C@@H](Cc2ccccc2)C(=O)NCC(=O)O)nn1. The molecule has 0 aliphatic carbocycles. The molecule has 0 aliphatic rings. The Kier molecular flexibility index (Phi) is 12.7. The fraction of sp³-hybridized carbons (Fsp3) is 0.310. The van der Waals surface area contributed by atoms with Gasteiger partial charge in [-0.2, -0.15) is 0 Å². The molecule has 4 amide bonds. The summed E-state index contributed by atoms with van der Waals surface area (Å²) in [5.41, 5.74) is 7.05. The molecule has 0 spiro atoms. The van der Waals surface area contributed by atoms with Crippen molar-refractivity contribution in [2.24, 2.45) is 5.73 Å². The van der Waals surface area contributed by atoms with Gasteiger partial charge in [0.05, 0.1) is 25.7 Å². The van der Waals surface area contributed by atoms with Crippen LogP contribution in [0.4, 0.5) is 0 Å². The maximum absolute atomic E-state index is 13.2. The summed E-state index contributed by atoms with van der Waals surface area (Å²) < 4.78 is 1.22. The van der Waals surface area contributed by atoms with Crippen molar-refractivity contribution in [2.45, 2.75) is 43.9 Å². The standard InChI is InChI=1S/C29H34N8O8/c30-20(13-25(39)40)16-37-17-23(35-36-37)29(45)34-22(12-19-9-5-2-6-10-19)28(44)31-14-24(38)33-21(27(43)32-15-26(41)42)11-18-7-3-1-4-8-18/h1-10,17,20-22H,11-16,30H2,(H,31,44)(H,32,43)(H,33,38)(H,34,45)(H,39,40)(H,41,42)/t20?,21-,22-/m0/s1. The number of carbonyl (C=O) groups excluding carboxylic acids is 4. The van der Waals surface area contributed by atoms with E-state index in [4.69, 9.17) is 15.9 Å². The van der Waals surface area contributed by atoms with Crippen LogP contribution in [-0.4, -0.2) is 92.0 Å². The molecule has 1 aromatic heterocycles. The smallest absolute Gasteiger partial charge is 0.322 e. The topological polar surface area (TPSA) is 248 Å². The first kappa shape index (κ1) is 33.9. The lowest BCUT2D eigenvalue weighted by molar-refractivity contribution is -0.138. The molecule has 45 heavy (non-hydrogen) atoms. The van der Waals surface area contributed by atoms with Crippen molar-refractivity contribution in [3.63, 3.8) is 0 Å². The zero-order chi connectivity index (χ0) is 32.8. The zero-order valence-corrected chi connectivity index (χ0v) is 24.1. The molecule has 1 heterocycles. The number of benzene rings is 2. The van der Waals surface area contributed by atoms with Crippen LogP contribution in [0, 0.1) is 0 Å². The molecular weight excluding hydrogens is 588 g/mol. The van der Waals surface area contributed by atoms with Crippen LogP contribution in [0.15, 0.2) is 66.9 Å². The Labute approximate surface area is 257 Å². The highest BCUT2D eigenvalue weighted by Gasteiger charge is 2.26. The van der Waals surface area contributed by atoms with Crippen LogP contribution in [0.2, 0.25) is 0 Å². The van der Waals surface area contributed by atoms with Gasteiger partial charge in [0.15, 0.2) is 5.69 Å². The second kappa shape index (κ2) is 16.9. The molecular formula is C29H34N8O8. The zero-order valence-electron chi connectivity index (χ0n) is 24.1. The molecule has 16 nitrogen and oxygen atoms in total. The van der Waals surface area contributed by atoms with Crippen molar-refractivity contribution in [1.82, 2.24) is 36.3 Å². The Balaban J connectivity index is 1.65. The summed E-state index contributed by atoms with van der Waals surface area (Å²) in [6, 6.07) is 14.5. The minimum absolute atomic E-state index is 0.00474. The lowest BCUT2D eigenvalue weighted by Crippen LogP contribution is -2.53. The van der Waals surface area contributed by atoms with Gasteiger partial charge in [-0.3, -0.25) is 33.4 Å². The van der Waals surface area contributed by atoms with E-state index in [1.165, 1.54) is 10.9 Å². The van der Waals surface area contributed by atoms with Crippen LogP contribution in [0.25, 0.3) is 0 Å². The molecule has 3 rings (SSSR count). The Hall–Kier alpha value is -5.64. The van der Waals surface area contributed by atoms with Crippen LogP contribution in [-0.2, 0) is 43.4 Å². The maximum Gasteiger partial charge on any atom is 0.322 e. The van der Waals surface area contributed by atoms with Gasteiger partial charge in [0, 0.05) is 18.9 Å². The number of hydrogen-bond acceptors (Lipinski definition) is 9. The first-order valence-electron chi connectivity index (χ1n) is 13.8. The second-order valence-electron chi connectivity index (χ2n) is 10.0. The molecule has 0 aliphatic heterocycles. The summed E-state index contributed by atoms with van der Waals surface area (Å²) in [4.78, 5) is 73.4. The number of nitrogens with one attached hydrogen (secondary N) is 4. The molecule has 0 fully saturated rings. The van der Waals surface area contributed by atoms with Crippen LogP contribution in [0.5, 0.6) is 0 Å². The van der Waals surface area contributed by atoms with E-state index in [0.29, 0.717) is 11.1 Å². The van der Waals surface area contributed by atoms with Crippen LogP contribution in [0.3, 0.4) is 0 Å². The third kappa shape index (κ3) is 11.9. The predicted molar refractivity (Wildman–Crippen MR) is 157 cm³/mol. The Morgan fingerprint density at radius 3 is 1.82 bits per heavy atom. The molecule has 2 aromatic carbocycles. The number of carboxylic acid groups (broad SMARTS) is 2. The Morgan fingerprint density at radius 1 is 0.756 bits per heavy atom. The average Bonchev–Trinajstić information content (AvgIpc) is 3.47. The maximum atomic E-state index is 13.2. The number of nitrogens with two attached hydrogens (primary N) is 1. The number of carboxylic acids is 2. The van der Waals surface area contributed by atoms with Crippen molar-refractivity contribution < 1.29 is 39.0 Å². The second-order valence-corrected chi connectivity index (χ2v) is 10.0. The molecule has 8 N–H and O–H groups in total. The molecule has 0 saturated heterocycles. The predicted octanol–water partition coefficient (Wildman–Crippen LogP) is -1.53. The molecule has 3 aromatic rings. The fourth-order valence-electron chi connectivity index (χ4n) is 4.19. The van der Waals surface area contributed by atoms with Crippen molar-refractivity contribution in [2.75, 3.05) is 13.1 Å². The number of amides is 4. The van der Waals surface area contributed by atoms with Gasteiger partial charge in [-0.05, 0) is 11.1 Å².